The highest BCUT2D eigenvalue weighted by molar-refractivity contribution is 5.49. The standard InChI is InChI=1S/C12H11F3O2/c1-4-9-7-10(17-12(13,14)15)5-6-11(9)16-8(2)3/h1,5-8H,2-3H3. The van der Waals surface area contributed by atoms with Crippen molar-refractivity contribution in [2.45, 2.75) is 26.3 Å². The van der Waals surface area contributed by atoms with Gasteiger partial charge < -0.3 is 9.47 Å². The number of hydrogen-bond donors (Lipinski definition) is 0. The maximum Gasteiger partial charge on any atom is 0.573 e. The fraction of sp³-hybridized carbons (Fsp3) is 0.333. The molecular formula is C12H11F3O2. The molecule has 0 heterocycles. The van der Waals surface area contributed by atoms with Gasteiger partial charge in [0.05, 0.1) is 11.7 Å². The Labute approximate surface area is 97.3 Å². The quantitative estimate of drug-likeness (QED) is 0.759. The minimum absolute atomic E-state index is 0.114. The van der Waals surface area contributed by atoms with Crippen LogP contribution in [0.1, 0.15) is 19.4 Å². The Morgan fingerprint density at radius 3 is 2.41 bits per heavy atom. The van der Waals surface area contributed by atoms with E-state index in [1.54, 1.807) is 13.8 Å². The molecule has 0 aliphatic rings. The number of alkyl halides is 3. The molecule has 1 rings (SSSR count). The zero-order chi connectivity index (χ0) is 13.1. The van der Waals surface area contributed by atoms with E-state index in [0.717, 1.165) is 12.1 Å². The van der Waals surface area contributed by atoms with Crippen LogP contribution in [0.15, 0.2) is 18.2 Å². The molecule has 0 atom stereocenters. The van der Waals surface area contributed by atoms with Crippen molar-refractivity contribution in [3.63, 3.8) is 0 Å². The lowest BCUT2D eigenvalue weighted by Crippen LogP contribution is -2.17. The summed E-state index contributed by atoms with van der Waals surface area (Å²) >= 11 is 0. The lowest BCUT2D eigenvalue weighted by Gasteiger charge is -2.14. The third-order valence-corrected chi connectivity index (χ3v) is 1.70. The lowest BCUT2D eigenvalue weighted by atomic mass is 10.2. The van der Waals surface area contributed by atoms with Gasteiger partial charge in [-0.25, -0.2) is 0 Å². The van der Waals surface area contributed by atoms with Crippen molar-refractivity contribution in [2.75, 3.05) is 0 Å². The fourth-order valence-electron chi connectivity index (χ4n) is 1.18. The molecule has 92 valence electrons. The molecule has 0 aliphatic carbocycles. The Morgan fingerprint density at radius 1 is 1.29 bits per heavy atom. The Morgan fingerprint density at radius 2 is 1.94 bits per heavy atom. The second-order valence-corrected chi connectivity index (χ2v) is 3.52. The molecule has 0 unspecified atom stereocenters. The average Bonchev–Trinajstić information content (AvgIpc) is 2.17. The number of ether oxygens (including phenoxy) is 2. The minimum Gasteiger partial charge on any atom is -0.490 e. The van der Waals surface area contributed by atoms with E-state index in [1.165, 1.54) is 6.07 Å². The molecule has 17 heavy (non-hydrogen) atoms. The predicted octanol–water partition coefficient (Wildman–Crippen LogP) is 3.35. The third-order valence-electron chi connectivity index (χ3n) is 1.70. The van der Waals surface area contributed by atoms with Gasteiger partial charge >= 0.3 is 6.36 Å². The highest BCUT2D eigenvalue weighted by Crippen LogP contribution is 2.28. The van der Waals surface area contributed by atoms with E-state index in [9.17, 15) is 13.2 Å². The monoisotopic (exact) mass is 244 g/mol. The van der Waals surface area contributed by atoms with Crippen molar-refractivity contribution in [1.82, 2.24) is 0 Å². The first kappa shape index (κ1) is 13.2. The third kappa shape index (κ3) is 4.27. The van der Waals surface area contributed by atoms with Crippen LogP contribution in [0.25, 0.3) is 0 Å². The molecule has 1 aromatic rings. The first-order chi connectivity index (χ1) is 7.81. The largest absolute Gasteiger partial charge is 0.573 e. The minimum atomic E-state index is -4.73. The van der Waals surface area contributed by atoms with Gasteiger partial charge in [-0.1, -0.05) is 5.92 Å². The van der Waals surface area contributed by atoms with E-state index in [-0.39, 0.29) is 17.4 Å². The molecular weight excluding hydrogens is 233 g/mol. The van der Waals surface area contributed by atoms with Crippen LogP contribution in [0.5, 0.6) is 11.5 Å². The molecule has 0 radical (unpaired) electrons. The summed E-state index contributed by atoms with van der Waals surface area (Å²) in [5.74, 6) is 2.25. The average molecular weight is 244 g/mol. The van der Waals surface area contributed by atoms with E-state index in [0.29, 0.717) is 5.75 Å². The summed E-state index contributed by atoms with van der Waals surface area (Å²) in [5, 5.41) is 0. The number of benzene rings is 1. The highest BCUT2D eigenvalue weighted by atomic mass is 19.4. The summed E-state index contributed by atoms with van der Waals surface area (Å²) in [7, 11) is 0. The van der Waals surface area contributed by atoms with Crippen LogP contribution in [-0.2, 0) is 0 Å². The Bertz CT molecular complexity index is 430. The zero-order valence-electron chi connectivity index (χ0n) is 9.34. The summed E-state index contributed by atoms with van der Waals surface area (Å²) in [6, 6.07) is 3.63. The van der Waals surface area contributed by atoms with E-state index in [2.05, 4.69) is 10.7 Å². The normalized spacial score (nSPS) is 11.1. The Hall–Kier alpha value is -1.83. The summed E-state index contributed by atoms with van der Waals surface area (Å²) in [6.45, 7) is 3.58. The van der Waals surface area contributed by atoms with E-state index in [4.69, 9.17) is 11.2 Å². The van der Waals surface area contributed by atoms with Gasteiger partial charge in [-0.05, 0) is 32.0 Å². The van der Waals surface area contributed by atoms with Gasteiger partial charge in [-0.3, -0.25) is 0 Å². The molecule has 0 aromatic heterocycles. The summed E-state index contributed by atoms with van der Waals surface area (Å²) in [6.07, 6.45) is 0.348. The first-order valence-electron chi connectivity index (χ1n) is 4.85. The molecule has 0 N–H and O–H groups in total. The molecule has 0 aliphatic heterocycles. The molecule has 2 nitrogen and oxygen atoms in total. The van der Waals surface area contributed by atoms with Gasteiger partial charge in [0.1, 0.15) is 11.5 Å². The highest BCUT2D eigenvalue weighted by Gasteiger charge is 2.31. The van der Waals surface area contributed by atoms with E-state index < -0.39 is 6.36 Å². The van der Waals surface area contributed by atoms with Gasteiger partial charge in [0.2, 0.25) is 0 Å². The summed E-state index contributed by atoms with van der Waals surface area (Å²) in [5.41, 5.74) is 0.223. The maximum atomic E-state index is 12.0. The zero-order valence-corrected chi connectivity index (χ0v) is 9.34. The molecule has 0 spiro atoms. The van der Waals surface area contributed by atoms with Crippen molar-refractivity contribution < 1.29 is 22.6 Å². The van der Waals surface area contributed by atoms with Crippen molar-refractivity contribution in [1.29, 1.82) is 0 Å². The number of terminal acetylenes is 1. The molecule has 0 fully saturated rings. The van der Waals surface area contributed by atoms with E-state index in [1.807, 2.05) is 0 Å². The Kier molecular flexibility index (Phi) is 3.89. The van der Waals surface area contributed by atoms with Crippen LogP contribution in [0.3, 0.4) is 0 Å². The van der Waals surface area contributed by atoms with Gasteiger partial charge in [-0.15, -0.1) is 19.6 Å². The van der Waals surface area contributed by atoms with Crippen LogP contribution in [0.2, 0.25) is 0 Å². The van der Waals surface area contributed by atoms with Gasteiger partial charge in [0.25, 0.3) is 0 Å². The molecule has 0 saturated carbocycles. The predicted molar refractivity (Wildman–Crippen MR) is 56.8 cm³/mol. The van der Waals surface area contributed by atoms with Crippen molar-refractivity contribution in [3.05, 3.63) is 23.8 Å². The molecule has 0 saturated heterocycles. The molecule has 5 heteroatoms. The smallest absolute Gasteiger partial charge is 0.490 e. The number of halogens is 3. The van der Waals surface area contributed by atoms with Gasteiger partial charge in [0.15, 0.2) is 0 Å². The number of rotatable bonds is 3. The van der Waals surface area contributed by atoms with Crippen molar-refractivity contribution in [3.8, 4) is 23.8 Å². The fourth-order valence-corrected chi connectivity index (χ4v) is 1.18. The second-order valence-electron chi connectivity index (χ2n) is 3.52. The van der Waals surface area contributed by atoms with Crippen LogP contribution in [0.4, 0.5) is 13.2 Å². The van der Waals surface area contributed by atoms with Crippen molar-refractivity contribution >= 4 is 0 Å². The van der Waals surface area contributed by atoms with Crippen molar-refractivity contribution in [2.24, 2.45) is 0 Å². The topological polar surface area (TPSA) is 18.5 Å². The molecule has 0 amide bonds. The maximum absolute atomic E-state index is 12.0. The Balaban J connectivity index is 2.97. The molecule has 0 bridgehead atoms. The summed E-state index contributed by atoms with van der Waals surface area (Å²) < 4.78 is 45.0. The van der Waals surface area contributed by atoms with Gasteiger partial charge in [0, 0.05) is 0 Å². The van der Waals surface area contributed by atoms with E-state index >= 15 is 0 Å². The summed E-state index contributed by atoms with van der Waals surface area (Å²) in [4.78, 5) is 0. The molecule has 1 aromatic carbocycles. The lowest BCUT2D eigenvalue weighted by molar-refractivity contribution is -0.274. The van der Waals surface area contributed by atoms with Crippen LogP contribution < -0.4 is 9.47 Å². The van der Waals surface area contributed by atoms with Crippen LogP contribution in [0, 0.1) is 12.3 Å². The van der Waals surface area contributed by atoms with Crippen LogP contribution in [-0.4, -0.2) is 12.5 Å². The number of hydrogen-bond acceptors (Lipinski definition) is 2. The SMILES string of the molecule is C#Cc1cc(OC(F)(F)F)ccc1OC(C)C. The first-order valence-corrected chi connectivity index (χ1v) is 4.85. The van der Waals surface area contributed by atoms with Crippen LogP contribution >= 0.6 is 0 Å². The van der Waals surface area contributed by atoms with Gasteiger partial charge in [-0.2, -0.15) is 0 Å². The second kappa shape index (κ2) is 5.00.